The molecule has 1 aromatic heterocycles. The highest BCUT2D eigenvalue weighted by atomic mass is 16.2. The van der Waals surface area contributed by atoms with E-state index >= 15 is 0 Å². The van der Waals surface area contributed by atoms with Gasteiger partial charge in [0.05, 0.1) is 11.7 Å². The molecule has 19 heavy (non-hydrogen) atoms. The van der Waals surface area contributed by atoms with Gasteiger partial charge in [-0.3, -0.25) is 4.79 Å². The van der Waals surface area contributed by atoms with Crippen LogP contribution in [0.15, 0.2) is 6.07 Å². The monoisotopic (exact) mass is 260 g/mol. The second kappa shape index (κ2) is 4.79. The first kappa shape index (κ1) is 12.4. The van der Waals surface area contributed by atoms with Crippen molar-refractivity contribution in [3.8, 4) is 0 Å². The molecule has 1 saturated heterocycles. The van der Waals surface area contributed by atoms with Gasteiger partial charge in [-0.15, -0.1) is 0 Å². The third kappa shape index (κ3) is 2.29. The molecule has 5 heteroatoms. The molecule has 1 aromatic rings. The predicted molar refractivity (Wildman–Crippen MR) is 72.2 cm³/mol. The van der Waals surface area contributed by atoms with Gasteiger partial charge in [0.1, 0.15) is 11.6 Å². The first-order valence-electron chi connectivity index (χ1n) is 7.06. The van der Waals surface area contributed by atoms with Gasteiger partial charge in [0.15, 0.2) is 0 Å². The van der Waals surface area contributed by atoms with Crippen LogP contribution in [0.5, 0.6) is 0 Å². The molecule has 1 saturated carbocycles. The molecule has 0 aromatic carbocycles. The van der Waals surface area contributed by atoms with Crippen molar-refractivity contribution < 1.29 is 4.79 Å². The number of carbonyl (C=O) groups excluding carboxylic acids is 1. The van der Waals surface area contributed by atoms with E-state index in [2.05, 4.69) is 9.97 Å². The van der Waals surface area contributed by atoms with E-state index < -0.39 is 0 Å². The van der Waals surface area contributed by atoms with Crippen LogP contribution < -0.4 is 5.73 Å². The lowest BCUT2D eigenvalue weighted by Crippen LogP contribution is -2.47. The maximum Gasteiger partial charge on any atom is 0.226 e. The second-order valence-electron chi connectivity index (χ2n) is 5.58. The number of aromatic nitrogens is 2. The van der Waals surface area contributed by atoms with Crippen LogP contribution in [0.3, 0.4) is 0 Å². The zero-order chi connectivity index (χ0) is 13.4. The summed E-state index contributed by atoms with van der Waals surface area (Å²) in [5, 5.41) is 0. The largest absolute Gasteiger partial charge is 0.384 e. The normalized spacial score (nSPS) is 23.4. The van der Waals surface area contributed by atoms with Crippen LogP contribution in [-0.4, -0.2) is 27.3 Å². The average Bonchev–Trinajstić information content (AvgIpc) is 2.78. The molecule has 102 valence electrons. The minimum atomic E-state index is 0.108. The molecule has 2 aliphatic rings. The van der Waals surface area contributed by atoms with Crippen molar-refractivity contribution in [2.24, 2.45) is 5.92 Å². The molecule has 1 aliphatic heterocycles. The van der Waals surface area contributed by atoms with Gasteiger partial charge in [0.25, 0.3) is 0 Å². The van der Waals surface area contributed by atoms with Gasteiger partial charge in [-0.2, -0.15) is 0 Å². The molecule has 5 nitrogen and oxygen atoms in total. The van der Waals surface area contributed by atoms with E-state index in [-0.39, 0.29) is 12.0 Å². The number of hydrogen-bond acceptors (Lipinski definition) is 4. The number of amides is 1. The SMILES string of the molecule is Cc1nc(N)cc(C2CCN2C(=O)C2CCCC2)n1. The van der Waals surface area contributed by atoms with Gasteiger partial charge < -0.3 is 10.6 Å². The zero-order valence-corrected chi connectivity index (χ0v) is 11.3. The molecular weight excluding hydrogens is 240 g/mol. The standard InChI is InChI=1S/C14H20N4O/c1-9-16-11(8-13(15)17-9)12-6-7-18(12)14(19)10-4-2-3-5-10/h8,10,12H,2-7H2,1H3,(H2,15,16,17). The Kier molecular flexibility index (Phi) is 3.12. The molecule has 1 atom stereocenters. The summed E-state index contributed by atoms with van der Waals surface area (Å²) in [7, 11) is 0. The van der Waals surface area contributed by atoms with Gasteiger partial charge in [-0.25, -0.2) is 9.97 Å². The average molecular weight is 260 g/mol. The van der Waals surface area contributed by atoms with Crippen molar-refractivity contribution in [1.82, 2.24) is 14.9 Å². The summed E-state index contributed by atoms with van der Waals surface area (Å²) >= 11 is 0. The summed E-state index contributed by atoms with van der Waals surface area (Å²) in [6, 6.07) is 1.91. The highest BCUT2D eigenvalue weighted by molar-refractivity contribution is 5.80. The number of nitrogens with zero attached hydrogens (tertiary/aromatic N) is 3. The van der Waals surface area contributed by atoms with Crippen molar-refractivity contribution in [3.05, 3.63) is 17.6 Å². The number of anilines is 1. The molecule has 0 bridgehead atoms. The number of nitrogen functional groups attached to an aromatic ring is 1. The van der Waals surface area contributed by atoms with Gasteiger partial charge in [-0.05, 0) is 26.2 Å². The van der Waals surface area contributed by atoms with E-state index in [1.54, 1.807) is 6.07 Å². The van der Waals surface area contributed by atoms with E-state index in [0.29, 0.717) is 17.5 Å². The van der Waals surface area contributed by atoms with Crippen molar-refractivity contribution in [2.75, 3.05) is 12.3 Å². The number of nitrogens with two attached hydrogens (primary N) is 1. The number of hydrogen-bond donors (Lipinski definition) is 1. The molecule has 2 N–H and O–H groups in total. The lowest BCUT2D eigenvalue weighted by Gasteiger charge is -2.42. The van der Waals surface area contributed by atoms with Crippen LogP contribution in [0.4, 0.5) is 5.82 Å². The van der Waals surface area contributed by atoms with Crippen LogP contribution in [0.1, 0.15) is 49.7 Å². The summed E-state index contributed by atoms with van der Waals surface area (Å²) in [6.45, 7) is 2.69. The molecule has 0 radical (unpaired) electrons. The van der Waals surface area contributed by atoms with Crippen molar-refractivity contribution in [2.45, 2.75) is 45.1 Å². The van der Waals surface area contributed by atoms with Crippen LogP contribution >= 0.6 is 0 Å². The molecule has 1 amide bonds. The molecule has 2 heterocycles. The highest BCUT2D eigenvalue weighted by Gasteiger charge is 2.38. The Morgan fingerprint density at radius 2 is 2.05 bits per heavy atom. The first-order chi connectivity index (χ1) is 9.15. The molecule has 1 aliphatic carbocycles. The summed E-state index contributed by atoms with van der Waals surface area (Å²) in [6.07, 6.45) is 5.46. The fraction of sp³-hybridized carbons (Fsp3) is 0.643. The van der Waals surface area contributed by atoms with E-state index in [4.69, 9.17) is 5.73 Å². The number of carbonyl (C=O) groups is 1. The van der Waals surface area contributed by atoms with Crippen LogP contribution in [0, 0.1) is 12.8 Å². The third-order valence-corrected chi connectivity index (χ3v) is 4.23. The smallest absolute Gasteiger partial charge is 0.226 e. The molecule has 0 spiro atoms. The topological polar surface area (TPSA) is 72.1 Å². The fourth-order valence-electron chi connectivity index (χ4n) is 3.15. The summed E-state index contributed by atoms with van der Waals surface area (Å²) < 4.78 is 0. The van der Waals surface area contributed by atoms with E-state index in [1.807, 2.05) is 11.8 Å². The Bertz CT molecular complexity index is 476. The number of rotatable bonds is 2. The quantitative estimate of drug-likeness (QED) is 0.880. The fourth-order valence-corrected chi connectivity index (χ4v) is 3.15. The third-order valence-electron chi connectivity index (χ3n) is 4.23. The van der Waals surface area contributed by atoms with Crippen molar-refractivity contribution in [1.29, 1.82) is 0 Å². The Morgan fingerprint density at radius 1 is 1.32 bits per heavy atom. The van der Waals surface area contributed by atoms with Crippen LogP contribution in [0.25, 0.3) is 0 Å². The Hall–Kier alpha value is -1.65. The Balaban J connectivity index is 1.76. The van der Waals surface area contributed by atoms with Crippen molar-refractivity contribution >= 4 is 11.7 Å². The van der Waals surface area contributed by atoms with E-state index in [0.717, 1.165) is 31.5 Å². The predicted octanol–water partition coefficient (Wildman–Crippen LogP) is 1.83. The summed E-state index contributed by atoms with van der Waals surface area (Å²) in [5.74, 6) is 1.71. The van der Waals surface area contributed by atoms with Gasteiger partial charge >= 0.3 is 0 Å². The number of likely N-dealkylation sites (tertiary alicyclic amines) is 1. The molecule has 2 fully saturated rings. The molecular formula is C14H20N4O. The first-order valence-corrected chi connectivity index (χ1v) is 7.06. The summed E-state index contributed by atoms with van der Waals surface area (Å²) in [5.41, 5.74) is 6.66. The maximum absolute atomic E-state index is 12.4. The zero-order valence-electron chi connectivity index (χ0n) is 11.3. The number of aryl methyl sites for hydroxylation is 1. The van der Waals surface area contributed by atoms with Crippen LogP contribution in [0.2, 0.25) is 0 Å². The summed E-state index contributed by atoms with van der Waals surface area (Å²) in [4.78, 5) is 22.9. The van der Waals surface area contributed by atoms with Crippen molar-refractivity contribution in [3.63, 3.8) is 0 Å². The van der Waals surface area contributed by atoms with Gasteiger partial charge in [-0.1, -0.05) is 12.8 Å². The van der Waals surface area contributed by atoms with E-state index in [1.165, 1.54) is 12.8 Å². The Labute approximate surface area is 113 Å². The second-order valence-corrected chi connectivity index (χ2v) is 5.58. The lowest BCUT2D eigenvalue weighted by atomic mass is 9.95. The maximum atomic E-state index is 12.4. The van der Waals surface area contributed by atoms with Gasteiger partial charge in [0, 0.05) is 18.5 Å². The van der Waals surface area contributed by atoms with Gasteiger partial charge in [0.2, 0.25) is 5.91 Å². The van der Waals surface area contributed by atoms with Crippen LogP contribution in [-0.2, 0) is 4.79 Å². The minimum Gasteiger partial charge on any atom is -0.384 e. The lowest BCUT2D eigenvalue weighted by molar-refractivity contribution is -0.143. The molecule has 1 unspecified atom stereocenters. The minimum absolute atomic E-state index is 0.108. The highest BCUT2D eigenvalue weighted by Crippen LogP contribution is 2.37. The molecule has 3 rings (SSSR count). The van der Waals surface area contributed by atoms with E-state index in [9.17, 15) is 4.79 Å². The Morgan fingerprint density at radius 3 is 2.63 bits per heavy atom.